The van der Waals surface area contributed by atoms with E-state index in [-0.39, 0.29) is 11.1 Å². The molecule has 8 rings (SSSR count). The van der Waals surface area contributed by atoms with Crippen molar-refractivity contribution in [2.45, 2.75) is 26.1 Å². The Balaban J connectivity index is 1.56. The third-order valence-electron chi connectivity index (χ3n) is 10.8. The lowest BCUT2D eigenvalue weighted by Crippen LogP contribution is -2.65. The number of allylic oxidation sites excluding steroid dienone is 2. The molecule has 214 valence electrons. The number of hydrogen-bond donors (Lipinski definition) is 8. The van der Waals surface area contributed by atoms with E-state index in [4.69, 9.17) is 0 Å². The number of aryl methyl sites for hydroxylation is 2. The molecule has 6 aliphatic carbocycles. The van der Waals surface area contributed by atoms with E-state index >= 15 is 0 Å². The van der Waals surface area contributed by atoms with Crippen molar-refractivity contribution in [1.29, 1.82) is 0 Å². The molecule has 0 aliphatic heterocycles. The number of carbonyl (C=O) groups excluding carboxylic acids is 4. The Hall–Kier alpha value is -4.68. The quantitative estimate of drug-likeness (QED) is 0.207. The number of hydrogen-bond acceptors (Lipinski definition) is 12. The molecule has 0 radical (unpaired) electrons. The van der Waals surface area contributed by atoms with E-state index in [0.717, 1.165) is 12.1 Å². The van der Waals surface area contributed by atoms with Gasteiger partial charge in [0.2, 0.25) is 0 Å². The third kappa shape index (κ3) is 2.03. The molecule has 2 spiro atoms. The lowest BCUT2D eigenvalue weighted by Gasteiger charge is -2.53. The summed E-state index contributed by atoms with van der Waals surface area (Å²) >= 11 is 0. The molecule has 12 heteroatoms. The van der Waals surface area contributed by atoms with Crippen LogP contribution in [0.5, 0.6) is 23.0 Å². The van der Waals surface area contributed by atoms with Gasteiger partial charge in [-0.1, -0.05) is 0 Å². The van der Waals surface area contributed by atoms with Crippen molar-refractivity contribution in [2.75, 3.05) is 0 Å². The zero-order valence-corrected chi connectivity index (χ0v) is 21.8. The number of benzene rings is 2. The smallest absolute Gasteiger partial charge is 0.179 e. The highest BCUT2D eigenvalue weighted by Crippen LogP contribution is 2.80. The van der Waals surface area contributed by atoms with Crippen molar-refractivity contribution in [3.8, 4) is 23.0 Å². The second-order valence-electron chi connectivity index (χ2n) is 12.2. The largest absolute Gasteiger partial charge is 0.507 e. The van der Waals surface area contributed by atoms with E-state index in [1.165, 1.54) is 13.8 Å². The Morgan fingerprint density at radius 2 is 0.905 bits per heavy atom. The SMILES string of the molecule is Cc1cc(O)c2c(c1O)C(=O)C13C(=C2O)C(=O)C2C(O)C1C1C(O)C3C(=O)C3=C(O)c4c(O)cc(C)c(O)c4C(=O)C321. The fourth-order valence-corrected chi connectivity index (χ4v) is 9.59. The first-order chi connectivity index (χ1) is 19.7. The summed E-state index contributed by atoms with van der Waals surface area (Å²) in [4.78, 5) is 58.1. The molecule has 0 aromatic heterocycles. The van der Waals surface area contributed by atoms with Crippen LogP contribution >= 0.6 is 0 Å². The fraction of sp³-hybridized carbons (Fsp3) is 0.333. The third-order valence-corrected chi connectivity index (χ3v) is 10.8. The molecular formula is C30H22O12. The summed E-state index contributed by atoms with van der Waals surface area (Å²) < 4.78 is 0. The summed E-state index contributed by atoms with van der Waals surface area (Å²) in [5.74, 6) is -15.9. The minimum Gasteiger partial charge on any atom is -0.507 e. The maximum absolute atomic E-state index is 14.6. The average molecular weight is 574 g/mol. The number of Topliss-reactive ketones (excluding diaryl/α,β-unsaturated/α-hetero) is 4. The predicted octanol–water partition coefficient (Wildman–Crippen LogP) is 1.11. The van der Waals surface area contributed by atoms with Crippen molar-refractivity contribution in [1.82, 2.24) is 0 Å². The highest BCUT2D eigenvalue weighted by atomic mass is 16.3. The number of aliphatic hydroxyl groups is 4. The zero-order valence-electron chi connectivity index (χ0n) is 21.8. The monoisotopic (exact) mass is 574 g/mol. The fourth-order valence-electron chi connectivity index (χ4n) is 9.59. The molecule has 8 N–H and O–H groups in total. The van der Waals surface area contributed by atoms with Crippen LogP contribution in [-0.4, -0.2) is 76.2 Å². The van der Waals surface area contributed by atoms with Crippen LogP contribution in [0, 0.1) is 48.3 Å². The van der Waals surface area contributed by atoms with Crippen molar-refractivity contribution in [2.24, 2.45) is 34.5 Å². The second kappa shape index (κ2) is 6.85. The van der Waals surface area contributed by atoms with Crippen LogP contribution in [0.15, 0.2) is 23.3 Å². The van der Waals surface area contributed by atoms with Gasteiger partial charge < -0.3 is 40.9 Å². The topological polar surface area (TPSA) is 230 Å². The molecule has 12 nitrogen and oxygen atoms in total. The predicted molar refractivity (Wildman–Crippen MR) is 138 cm³/mol. The molecule has 6 aliphatic rings. The van der Waals surface area contributed by atoms with Crippen molar-refractivity contribution >= 4 is 34.7 Å². The van der Waals surface area contributed by atoms with E-state index in [2.05, 4.69) is 0 Å². The maximum Gasteiger partial charge on any atom is 0.179 e. The Labute approximate surface area is 235 Å². The summed E-state index contributed by atoms with van der Waals surface area (Å²) in [5.41, 5.74) is -8.66. The summed E-state index contributed by atoms with van der Waals surface area (Å²) in [7, 11) is 0. The summed E-state index contributed by atoms with van der Waals surface area (Å²) in [6, 6.07) is 2.13. The maximum atomic E-state index is 14.6. The molecule has 8 unspecified atom stereocenters. The number of rotatable bonds is 0. The van der Waals surface area contributed by atoms with E-state index in [1.807, 2.05) is 0 Å². The van der Waals surface area contributed by atoms with Crippen LogP contribution in [0.25, 0.3) is 11.5 Å². The van der Waals surface area contributed by atoms with Gasteiger partial charge >= 0.3 is 0 Å². The summed E-state index contributed by atoms with van der Waals surface area (Å²) in [6.07, 6.45) is -3.71. The molecular weight excluding hydrogens is 552 g/mol. The molecule has 0 heterocycles. The molecule has 4 saturated carbocycles. The molecule has 2 aromatic carbocycles. The van der Waals surface area contributed by atoms with Gasteiger partial charge in [0.25, 0.3) is 0 Å². The number of fused-ring (bicyclic) bond motifs is 4. The highest BCUT2D eigenvalue weighted by Gasteiger charge is 2.90. The van der Waals surface area contributed by atoms with E-state index in [1.54, 1.807) is 0 Å². The molecule has 0 amide bonds. The van der Waals surface area contributed by atoms with Crippen LogP contribution < -0.4 is 0 Å². The molecule has 0 saturated heterocycles. The lowest BCUT2D eigenvalue weighted by atomic mass is 9.46. The Morgan fingerprint density at radius 1 is 0.571 bits per heavy atom. The van der Waals surface area contributed by atoms with E-state index in [9.17, 15) is 60.0 Å². The van der Waals surface area contributed by atoms with Gasteiger partial charge in [0.1, 0.15) is 34.5 Å². The molecule has 2 aromatic rings. The number of aliphatic hydroxyl groups excluding tert-OH is 4. The zero-order chi connectivity index (χ0) is 30.3. The number of phenols is 4. The van der Waals surface area contributed by atoms with Crippen molar-refractivity contribution in [3.63, 3.8) is 0 Å². The van der Waals surface area contributed by atoms with Gasteiger partial charge in [-0.25, -0.2) is 0 Å². The number of phenolic OH excluding ortho intramolecular Hbond substituents is 4. The van der Waals surface area contributed by atoms with Crippen LogP contribution in [0.3, 0.4) is 0 Å². The molecule has 8 atom stereocenters. The van der Waals surface area contributed by atoms with Gasteiger partial charge in [-0.05, 0) is 37.1 Å². The van der Waals surface area contributed by atoms with E-state index < -0.39 is 138 Å². The normalized spacial score (nSPS) is 36.9. The first-order valence-electron chi connectivity index (χ1n) is 13.2. The van der Waals surface area contributed by atoms with Crippen LogP contribution in [0.2, 0.25) is 0 Å². The minimum absolute atomic E-state index is 0.0181. The van der Waals surface area contributed by atoms with Crippen molar-refractivity contribution in [3.05, 3.63) is 56.7 Å². The van der Waals surface area contributed by atoms with Gasteiger partial charge in [0, 0.05) is 11.8 Å². The first kappa shape index (κ1) is 25.1. The van der Waals surface area contributed by atoms with Gasteiger partial charge in [0.05, 0.1) is 68.3 Å². The first-order valence-corrected chi connectivity index (χ1v) is 13.2. The molecule has 42 heavy (non-hydrogen) atoms. The van der Waals surface area contributed by atoms with Gasteiger partial charge in [-0.3, -0.25) is 19.2 Å². The standard InChI is InChI=1S/C30H22O12/c1-5-3-7(31)9-11(19(5)33)27(41)29-13-14-24(38)17(29)26(40)16-22(36)10-8(32)4-6(2)20(34)12(10)28(42)30(14,16)18(23(13)37)25(39)15(29)21(9)35/h3-4,13-14,17-18,23-24,31-38H,1-2H3. The highest BCUT2D eigenvalue weighted by molar-refractivity contribution is 6.31. The van der Waals surface area contributed by atoms with Gasteiger partial charge in [-0.15, -0.1) is 0 Å². The van der Waals surface area contributed by atoms with Crippen molar-refractivity contribution < 1.29 is 60.0 Å². The lowest BCUT2D eigenvalue weighted by molar-refractivity contribution is -0.142. The molecule has 4 bridgehead atoms. The average Bonchev–Trinajstić information content (AvgIpc) is 3.27. The summed E-state index contributed by atoms with van der Waals surface area (Å²) in [5, 5.41) is 89.8. The molecule has 4 fully saturated rings. The Morgan fingerprint density at radius 3 is 1.24 bits per heavy atom. The number of ketones is 4. The van der Waals surface area contributed by atoms with Crippen LogP contribution in [0.4, 0.5) is 0 Å². The van der Waals surface area contributed by atoms with E-state index in [0.29, 0.717) is 0 Å². The van der Waals surface area contributed by atoms with Crippen LogP contribution in [-0.2, 0) is 9.59 Å². The second-order valence-corrected chi connectivity index (χ2v) is 12.2. The Kier molecular flexibility index (Phi) is 4.09. The number of carbonyl (C=O) groups is 4. The Bertz CT molecular complexity index is 1780. The number of aromatic hydroxyl groups is 4. The summed E-state index contributed by atoms with van der Waals surface area (Å²) in [6.45, 7) is 2.72. The van der Waals surface area contributed by atoms with Gasteiger partial charge in [0.15, 0.2) is 23.1 Å². The van der Waals surface area contributed by atoms with Gasteiger partial charge in [-0.2, -0.15) is 0 Å². The minimum atomic E-state index is -2.48. The van der Waals surface area contributed by atoms with Crippen LogP contribution in [0.1, 0.15) is 43.0 Å².